The van der Waals surface area contributed by atoms with E-state index in [1.165, 1.54) is 31.2 Å². The van der Waals surface area contributed by atoms with Crippen LogP contribution in [0.1, 0.15) is 12.6 Å². The van der Waals surface area contributed by atoms with Gasteiger partial charge in [-0.15, -0.1) is 23.1 Å². The summed E-state index contributed by atoms with van der Waals surface area (Å²) in [4.78, 5) is 57.8. The maximum Gasteiger partial charge on any atom is 0.352 e. The van der Waals surface area contributed by atoms with Crippen LogP contribution in [0, 0.1) is 0 Å². The molecule has 2 aliphatic rings. The third-order valence-electron chi connectivity index (χ3n) is 4.15. The standard InChI is InChI=1S/C16H17N5O7S2.Na/c1-6(22)28-3-7-4-29-14-10(13(24)21(14)11(7)15(25)26)19-12(23)9(20-27-2)8-5-30-16(17)18-8;/h5,10,14H,3-4H2,1-2H3,(H2,17,18)(H,19,23)(H,25,26);/b20-9+;. The van der Waals surface area contributed by atoms with Crippen LogP contribution in [0.5, 0.6) is 0 Å². The van der Waals surface area contributed by atoms with Crippen LogP contribution in [0.25, 0.3) is 0 Å². The summed E-state index contributed by atoms with van der Waals surface area (Å²) >= 11 is 2.35. The van der Waals surface area contributed by atoms with E-state index in [0.29, 0.717) is 5.57 Å². The molecule has 1 radical (unpaired) electrons. The van der Waals surface area contributed by atoms with Gasteiger partial charge < -0.3 is 25.7 Å². The Morgan fingerprint density at radius 3 is 2.71 bits per heavy atom. The molecule has 31 heavy (non-hydrogen) atoms. The number of aliphatic carboxylic acids is 1. The van der Waals surface area contributed by atoms with E-state index in [2.05, 4.69) is 20.3 Å². The molecular formula is C16H17N5NaO7S2. The fourth-order valence-electron chi connectivity index (χ4n) is 2.88. The van der Waals surface area contributed by atoms with Gasteiger partial charge in [0.15, 0.2) is 10.8 Å². The van der Waals surface area contributed by atoms with E-state index in [-0.39, 0.29) is 64.2 Å². The minimum Gasteiger partial charge on any atom is -0.477 e. The number of ether oxygens (including phenoxy) is 1. The van der Waals surface area contributed by atoms with Crippen molar-refractivity contribution in [2.45, 2.75) is 18.3 Å². The number of thiazole rings is 1. The predicted molar refractivity (Wildman–Crippen MR) is 112 cm³/mol. The van der Waals surface area contributed by atoms with Gasteiger partial charge in [-0.3, -0.25) is 19.3 Å². The first kappa shape index (κ1) is 25.1. The minimum atomic E-state index is -1.32. The number of nitrogen functional groups attached to an aromatic ring is 1. The average Bonchev–Trinajstić information content (AvgIpc) is 3.13. The minimum absolute atomic E-state index is 0. The number of nitrogens with two attached hydrogens (primary N) is 1. The van der Waals surface area contributed by atoms with Gasteiger partial charge in [0.25, 0.3) is 11.8 Å². The average molecular weight is 478 g/mol. The Kier molecular flexibility index (Phi) is 8.48. The number of hydrogen-bond donors (Lipinski definition) is 3. The third-order valence-corrected chi connectivity index (χ3v) is 6.16. The second-order valence-electron chi connectivity index (χ2n) is 6.09. The number of carboxylic acids is 1. The first-order valence-corrected chi connectivity index (χ1v) is 10.3. The van der Waals surface area contributed by atoms with Crippen LogP contribution in [-0.2, 0) is 28.8 Å². The summed E-state index contributed by atoms with van der Waals surface area (Å²) in [6, 6.07) is -0.967. The topological polar surface area (TPSA) is 174 Å². The summed E-state index contributed by atoms with van der Waals surface area (Å²) in [5.74, 6) is -2.98. The molecule has 2 aliphatic heterocycles. The van der Waals surface area contributed by atoms with Crippen LogP contribution < -0.4 is 11.1 Å². The van der Waals surface area contributed by atoms with Crippen molar-refractivity contribution >= 4 is 87.3 Å². The molecule has 15 heteroatoms. The number of rotatable bonds is 7. The first-order chi connectivity index (χ1) is 14.2. The SMILES string of the molecule is CO/N=C(/C(=O)NC1C(=O)N2C(C(=O)O)=C(COC(C)=O)CSC12)c1csc(N)n1.[Na]. The molecule has 3 heterocycles. The second kappa shape index (κ2) is 10.5. The molecule has 0 spiro atoms. The maximum atomic E-state index is 12.7. The number of oxime groups is 1. The molecule has 0 aromatic carbocycles. The van der Waals surface area contributed by atoms with Crippen molar-refractivity contribution in [3.8, 4) is 0 Å². The molecule has 4 N–H and O–H groups in total. The van der Waals surface area contributed by atoms with E-state index in [0.717, 1.165) is 16.2 Å². The third kappa shape index (κ3) is 5.20. The summed E-state index contributed by atoms with van der Waals surface area (Å²) in [5, 5.41) is 16.9. The van der Waals surface area contributed by atoms with Gasteiger partial charge in [-0.25, -0.2) is 9.78 Å². The zero-order valence-corrected chi connectivity index (χ0v) is 20.4. The molecule has 1 saturated heterocycles. The molecule has 2 unspecified atom stereocenters. The fraction of sp³-hybridized carbons (Fsp3) is 0.375. The van der Waals surface area contributed by atoms with Crippen LogP contribution in [0.15, 0.2) is 21.8 Å². The fourth-order valence-corrected chi connectivity index (χ4v) is 4.76. The molecule has 0 bridgehead atoms. The van der Waals surface area contributed by atoms with E-state index < -0.39 is 35.2 Å². The van der Waals surface area contributed by atoms with Crippen LogP contribution >= 0.6 is 23.1 Å². The van der Waals surface area contributed by atoms with Crippen molar-refractivity contribution in [3.63, 3.8) is 0 Å². The number of thioether (sulfide) groups is 1. The molecule has 1 aromatic rings. The normalized spacial score (nSPS) is 20.3. The van der Waals surface area contributed by atoms with Crippen molar-refractivity contribution in [2.75, 3.05) is 25.2 Å². The van der Waals surface area contributed by atoms with Gasteiger partial charge >= 0.3 is 11.9 Å². The molecule has 1 fully saturated rings. The first-order valence-electron chi connectivity index (χ1n) is 8.41. The van der Waals surface area contributed by atoms with Crippen LogP contribution in [-0.4, -0.2) is 105 Å². The number of nitrogens with zero attached hydrogens (tertiary/aromatic N) is 3. The van der Waals surface area contributed by atoms with Gasteiger partial charge in [0.1, 0.15) is 36.5 Å². The van der Waals surface area contributed by atoms with E-state index in [1.807, 2.05) is 0 Å². The molecule has 3 rings (SSSR count). The predicted octanol–water partition coefficient (Wildman–Crippen LogP) is -1.00. The monoisotopic (exact) mass is 478 g/mol. The summed E-state index contributed by atoms with van der Waals surface area (Å²) in [6.07, 6.45) is 0. The zero-order valence-electron chi connectivity index (χ0n) is 16.8. The van der Waals surface area contributed by atoms with Crippen molar-refractivity contribution in [2.24, 2.45) is 5.16 Å². The van der Waals surface area contributed by atoms with E-state index in [1.54, 1.807) is 0 Å². The molecule has 12 nitrogen and oxygen atoms in total. The Morgan fingerprint density at radius 1 is 1.45 bits per heavy atom. The van der Waals surface area contributed by atoms with Crippen LogP contribution in [0.2, 0.25) is 0 Å². The van der Waals surface area contributed by atoms with Crippen LogP contribution in [0.3, 0.4) is 0 Å². The smallest absolute Gasteiger partial charge is 0.352 e. The van der Waals surface area contributed by atoms with Crippen LogP contribution in [0.4, 0.5) is 5.13 Å². The van der Waals surface area contributed by atoms with Gasteiger partial charge in [0.2, 0.25) is 0 Å². The number of anilines is 1. The summed E-state index contributed by atoms with van der Waals surface area (Å²) in [7, 11) is 1.25. The van der Waals surface area contributed by atoms with Gasteiger partial charge in [-0.1, -0.05) is 5.16 Å². The van der Waals surface area contributed by atoms with Gasteiger partial charge in [0.05, 0.1) is 0 Å². The largest absolute Gasteiger partial charge is 0.477 e. The number of carboxylic acid groups (broad SMARTS) is 1. The molecule has 161 valence electrons. The van der Waals surface area contributed by atoms with E-state index in [9.17, 15) is 24.3 Å². The number of β-lactam (4-membered cyclic amide) rings is 1. The van der Waals surface area contributed by atoms with Gasteiger partial charge in [0, 0.05) is 53.2 Å². The van der Waals surface area contributed by atoms with E-state index >= 15 is 0 Å². The molecule has 1 aromatic heterocycles. The Hall–Kier alpha value is -2.13. The van der Waals surface area contributed by atoms with Crippen molar-refractivity contribution in [1.29, 1.82) is 0 Å². The number of amides is 2. The Morgan fingerprint density at radius 2 is 2.16 bits per heavy atom. The summed E-state index contributed by atoms with van der Waals surface area (Å²) in [6.45, 7) is 0.975. The number of carbonyl (C=O) groups excluding carboxylic acids is 3. The molecule has 0 aliphatic carbocycles. The quantitative estimate of drug-likeness (QED) is 0.145. The number of aromatic nitrogens is 1. The van der Waals surface area contributed by atoms with Gasteiger partial charge in [-0.05, 0) is 0 Å². The van der Waals surface area contributed by atoms with Crippen molar-refractivity contribution < 1.29 is 33.9 Å². The van der Waals surface area contributed by atoms with Crippen molar-refractivity contribution in [3.05, 3.63) is 22.3 Å². The number of carbonyl (C=O) groups is 4. The summed E-state index contributed by atoms with van der Waals surface area (Å²) < 4.78 is 4.88. The summed E-state index contributed by atoms with van der Waals surface area (Å²) in [5.41, 5.74) is 5.67. The second-order valence-corrected chi connectivity index (χ2v) is 8.09. The number of esters is 1. The number of nitrogens with one attached hydrogen (secondary N) is 1. The maximum absolute atomic E-state index is 12.7. The van der Waals surface area contributed by atoms with Gasteiger partial charge in [-0.2, -0.15) is 0 Å². The molecular weight excluding hydrogens is 461 g/mol. The molecule has 0 saturated carbocycles. The molecule has 2 amide bonds. The Bertz CT molecular complexity index is 979. The Labute approximate surface area is 206 Å². The molecule has 2 atom stereocenters. The zero-order chi connectivity index (χ0) is 22.0. The van der Waals surface area contributed by atoms with Crippen molar-refractivity contribution in [1.82, 2.24) is 15.2 Å². The Balaban J connectivity index is 0.00000341. The van der Waals surface area contributed by atoms with E-state index in [4.69, 9.17) is 10.5 Å². The number of hydrogen-bond acceptors (Lipinski definition) is 11. The number of fused-ring (bicyclic) bond motifs is 1.